The Morgan fingerprint density at radius 3 is 2.31 bits per heavy atom. The Morgan fingerprint density at radius 1 is 1.00 bits per heavy atom. The number of anilines is 1. The molecule has 39 heavy (non-hydrogen) atoms. The van der Waals surface area contributed by atoms with Gasteiger partial charge in [-0.15, -0.1) is 0 Å². The quantitative estimate of drug-likeness (QED) is 0.352. The molecule has 2 atom stereocenters. The summed E-state index contributed by atoms with van der Waals surface area (Å²) in [5, 5.41) is 12.3. The Morgan fingerprint density at radius 2 is 1.67 bits per heavy atom. The van der Waals surface area contributed by atoms with Gasteiger partial charge in [0.25, 0.3) is 5.91 Å². The van der Waals surface area contributed by atoms with Crippen molar-refractivity contribution >= 4 is 21.6 Å². The van der Waals surface area contributed by atoms with E-state index < -0.39 is 22.2 Å². The number of rotatable bonds is 12. The molecule has 1 aliphatic rings. The van der Waals surface area contributed by atoms with E-state index in [1.807, 2.05) is 48.5 Å². The minimum Gasteiger partial charge on any atom is -0.497 e. The van der Waals surface area contributed by atoms with Gasteiger partial charge in [-0.25, -0.2) is 8.42 Å². The number of hydrogen-bond donors (Lipinski definition) is 2. The van der Waals surface area contributed by atoms with Crippen molar-refractivity contribution in [1.29, 1.82) is 0 Å². The summed E-state index contributed by atoms with van der Waals surface area (Å²) in [6.07, 6.45) is 1.44. The van der Waals surface area contributed by atoms with E-state index in [2.05, 4.69) is 5.32 Å². The van der Waals surface area contributed by atoms with E-state index in [1.165, 1.54) is 19.2 Å². The minimum atomic E-state index is -3.88. The van der Waals surface area contributed by atoms with Gasteiger partial charge >= 0.3 is 0 Å². The van der Waals surface area contributed by atoms with Crippen LogP contribution < -0.4 is 10.1 Å². The molecule has 3 aromatic carbocycles. The number of carbonyl (C=O) groups is 1. The zero-order chi connectivity index (χ0) is 27.7. The van der Waals surface area contributed by atoms with Gasteiger partial charge in [0, 0.05) is 31.1 Å². The highest BCUT2D eigenvalue weighted by Gasteiger charge is 2.30. The molecule has 1 aliphatic heterocycles. The van der Waals surface area contributed by atoms with E-state index in [-0.39, 0.29) is 42.9 Å². The molecule has 0 saturated carbocycles. The summed E-state index contributed by atoms with van der Waals surface area (Å²) < 4.78 is 44.5. The van der Waals surface area contributed by atoms with E-state index >= 15 is 0 Å². The number of methoxy groups -OCH3 is 1. The van der Waals surface area contributed by atoms with Gasteiger partial charge in [0.15, 0.2) is 5.76 Å². The number of carbonyl (C=O) groups excluding carboxylic acids is 1. The predicted octanol–water partition coefficient (Wildman–Crippen LogP) is 3.75. The second-order valence-corrected chi connectivity index (χ2v) is 10.8. The molecule has 3 aromatic rings. The Balaban J connectivity index is 1.45. The maximum atomic E-state index is 13.2. The summed E-state index contributed by atoms with van der Waals surface area (Å²) in [6.45, 7) is -0.465. The van der Waals surface area contributed by atoms with E-state index in [1.54, 1.807) is 30.3 Å². The number of allylic oxidation sites excluding steroid dienone is 1. The molecule has 0 radical (unpaired) electrons. The molecule has 0 aliphatic carbocycles. The van der Waals surface area contributed by atoms with Crippen LogP contribution in [0, 0.1) is 0 Å². The number of ether oxygens (including phenoxy) is 3. The van der Waals surface area contributed by atoms with Gasteiger partial charge in [-0.05, 0) is 48.0 Å². The number of amides is 1. The Hall–Kier alpha value is -3.70. The first-order valence-corrected chi connectivity index (χ1v) is 14.0. The highest BCUT2D eigenvalue weighted by atomic mass is 32.2. The van der Waals surface area contributed by atoms with Gasteiger partial charge in [-0.3, -0.25) is 4.79 Å². The Kier molecular flexibility index (Phi) is 9.72. The summed E-state index contributed by atoms with van der Waals surface area (Å²) >= 11 is 0. The van der Waals surface area contributed by atoms with Crippen molar-refractivity contribution < 1.29 is 32.5 Å². The van der Waals surface area contributed by atoms with Crippen molar-refractivity contribution in [1.82, 2.24) is 4.31 Å². The molecule has 0 aromatic heterocycles. The van der Waals surface area contributed by atoms with Crippen LogP contribution in [0.5, 0.6) is 5.75 Å². The van der Waals surface area contributed by atoms with Gasteiger partial charge in [-0.1, -0.05) is 48.5 Å². The lowest BCUT2D eigenvalue weighted by Gasteiger charge is -2.30. The Labute approximate surface area is 228 Å². The number of hydrogen-bond acceptors (Lipinski definition) is 7. The van der Waals surface area contributed by atoms with Crippen molar-refractivity contribution in [3.8, 4) is 5.75 Å². The average Bonchev–Trinajstić information content (AvgIpc) is 2.97. The normalized spacial score (nSPS) is 17.3. The van der Waals surface area contributed by atoms with Gasteiger partial charge in [-0.2, -0.15) is 4.31 Å². The van der Waals surface area contributed by atoms with Crippen molar-refractivity contribution in [3.63, 3.8) is 0 Å². The third-order valence-corrected chi connectivity index (χ3v) is 8.14. The smallest absolute Gasteiger partial charge is 0.290 e. The lowest BCUT2D eigenvalue weighted by atomic mass is 9.93. The maximum Gasteiger partial charge on any atom is 0.290 e. The maximum absolute atomic E-state index is 13.2. The number of benzene rings is 3. The van der Waals surface area contributed by atoms with Gasteiger partial charge < -0.3 is 24.6 Å². The molecular weight excluding hydrogens is 520 g/mol. The number of nitrogens with one attached hydrogen (secondary N) is 1. The molecule has 2 N–H and O–H groups in total. The molecule has 206 valence electrons. The number of para-hydroxylation sites is 1. The molecule has 4 rings (SSSR count). The predicted molar refractivity (Wildman–Crippen MR) is 147 cm³/mol. The van der Waals surface area contributed by atoms with E-state index in [9.17, 15) is 18.3 Å². The fraction of sp³-hybridized carbons (Fsp3) is 0.276. The zero-order valence-electron chi connectivity index (χ0n) is 21.6. The van der Waals surface area contributed by atoms with Gasteiger partial charge in [0.2, 0.25) is 16.3 Å². The molecule has 0 unspecified atom stereocenters. The summed E-state index contributed by atoms with van der Waals surface area (Å²) in [4.78, 5) is 13.1. The molecule has 0 saturated heterocycles. The summed E-state index contributed by atoms with van der Waals surface area (Å²) in [5.74, 6) is 0.119. The molecule has 10 heteroatoms. The third-order valence-electron chi connectivity index (χ3n) is 6.23. The van der Waals surface area contributed by atoms with Crippen molar-refractivity contribution in [2.45, 2.75) is 23.5 Å². The van der Waals surface area contributed by atoms with Crippen LogP contribution in [-0.4, -0.2) is 63.4 Å². The summed E-state index contributed by atoms with van der Waals surface area (Å²) in [7, 11) is -2.38. The fourth-order valence-corrected chi connectivity index (χ4v) is 5.63. The highest BCUT2D eigenvalue weighted by Crippen LogP contribution is 2.32. The lowest BCUT2D eigenvalue weighted by Crippen LogP contribution is -2.37. The number of sulfonamides is 1. The molecule has 1 heterocycles. The van der Waals surface area contributed by atoms with Crippen LogP contribution in [0.1, 0.15) is 17.9 Å². The standard InChI is InChI=1S/C29H32N2O7S/c1-36-25-12-14-26(15-13-25)39(34,35)31(16-18-32)17-19-37-28-21-23(22-8-4-2-5-9-22)20-27(38-28)29(33)30-24-10-6-3-7-11-24/h2-15,20,23,28,32H,16-19,21H2,1H3,(H,30,33)/t23-,28+/m0/s1. The minimum absolute atomic E-state index is 0.00482. The van der Waals surface area contributed by atoms with Crippen LogP contribution in [-0.2, 0) is 24.3 Å². The van der Waals surface area contributed by atoms with Crippen LogP contribution in [0.3, 0.4) is 0 Å². The second-order valence-electron chi connectivity index (χ2n) is 8.83. The first-order chi connectivity index (χ1) is 18.9. The molecular formula is C29H32N2O7S. The van der Waals surface area contributed by atoms with Gasteiger partial charge in [0.1, 0.15) is 5.75 Å². The van der Waals surface area contributed by atoms with Crippen LogP contribution in [0.4, 0.5) is 5.69 Å². The van der Waals surface area contributed by atoms with Crippen LogP contribution in [0.25, 0.3) is 0 Å². The van der Waals surface area contributed by atoms with Crippen LogP contribution in [0.15, 0.2) is 102 Å². The topological polar surface area (TPSA) is 114 Å². The Bertz CT molecular complexity index is 1350. The number of aliphatic hydroxyl groups is 1. The monoisotopic (exact) mass is 552 g/mol. The van der Waals surface area contributed by atoms with Crippen molar-refractivity contribution in [3.05, 3.63) is 102 Å². The third kappa shape index (κ3) is 7.45. The van der Waals surface area contributed by atoms with E-state index in [0.29, 0.717) is 17.9 Å². The van der Waals surface area contributed by atoms with E-state index in [4.69, 9.17) is 14.2 Å². The number of aliphatic hydroxyl groups excluding tert-OH is 1. The lowest BCUT2D eigenvalue weighted by molar-refractivity contribution is -0.143. The molecule has 1 amide bonds. The average molecular weight is 553 g/mol. The van der Waals surface area contributed by atoms with Crippen molar-refractivity contribution in [2.75, 3.05) is 38.7 Å². The van der Waals surface area contributed by atoms with Crippen LogP contribution >= 0.6 is 0 Å². The summed E-state index contributed by atoms with van der Waals surface area (Å²) in [6, 6.07) is 24.8. The molecule has 0 spiro atoms. The van der Waals surface area contributed by atoms with E-state index in [0.717, 1.165) is 9.87 Å². The molecule has 0 bridgehead atoms. The second kappa shape index (κ2) is 13.4. The molecule has 0 fully saturated rings. The fourth-order valence-electron chi connectivity index (χ4n) is 4.21. The largest absolute Gasteiger partial charge is 0.497 e. The summed E-state index contributed by atoms with van der Waals surface area (Å²) in [5.41, 5.74) is 1.64. The number of nitrogens with zero attached hydrogens (tertiary/aromatic N) is 1. The SMILES string of the molecule is COc1ccc(S(=O)(=O)N(CCO)CCO[C@H]2C[C@@H](c3ccccc3)C=C(C(=O)Nc3ccccc3)O2)cc1. The van der Waals surface area contributed by atoms with Crippen LogP contribution in [0.2, 0.25) is 0 Å². The first kappa shape index (κ1) is 28.3. The first-order valence-electron chi connectivity index (χ1n) is 12.6. The highest BCUT2D eigenvalue weighted by molar-refractivity contribution is 7.89. The van der Waals surface area contributed by atoms with Gasteiger partial charge in [0.05, 0.1) is 25.2 Å². The zero-order valence-corrected chi connectivity index (χ0v) is 22.4. The molecule has 9 nitrogen and oxygen atoms in total. The van der Waals surface area contributed by atoms with Crippen molar-refractivity contribution in [2.24, 2.45) is 0 Å².